The van der Waals surface area contributed by atoms with Crippen molar-refractivity contribution >= 4 is 35.0 Å². The first kappa shape index (κ1) is 21.9. The maximum absolute atomic E-state index is 12.3. The van der Waals surface area contributed by atoms with Crippen molar-refractivity contribution in [1.29, 1.82) is 0 Å². The standard InChI is InChI=1S/C22H29ClN6O/c1-3-16-7-5-8-17(13-16)27-20(30)14-26-22(24-4-2)28-18-10-12-29(15-18)21-19(23)9-6-11-25-21/h5-9,11,13,18H,3-4,10,12,14-15H2,1-2H3,(H,27,30)(H2,24,26,28). The normalized spacial score (nSPS) is 16.4. The number of hydrogen-bond donors (Lipinski definition) is 3. The van der Waals surface area contributed by atoms with Crippen molar-refractivity contribution in [3.05, 3.63) is 53.2 Å². The van der Waals surface area contributed by atoms with Gasteiger partial charge in [-0.3, -0.25) is 4.79 Å². The first-order chi connectivity index (χ1) is 14.6. The molecule has 30 heavy (non-hydrogen) atoms. The molecule has 0 saturated carbocycles. The Kier molecular flexibility index (Phi) is 7.90. The van der Waals surface area contributed by atoms with Crippen molar-refractivity contribution in [2.24, 2.45) is 4.99 Å². The molecule has 1 aromatic carbocycles. The number of anilines is 2. The third kappa shape index (κ3) is 6.10. The molecule has 8 heteroatoms. The second-order valence-corrected chi connectivity index (χ2v) is 7.59. The van der Waals surface area contributed by atoms with E-state index in [4.69, 9.17) is 11.6 Å². The Morgan fingerprint density at radius 1 is 1.30 bits per heavy atom. The van der Waals surface area contributed by atoms with Gasteiger partial charge in [-0.25, -0.2) is 9.98 Å². The summed E-state index contributed by atoms with van der Waals surface area (Å²) in [5.41, 5.74) is 1.98. The van der Waals surface area contributed by atoms with Crippen LogP contribution in [0, 0.1) is 0 Å². The fourth-order valence-corrected chi connectivity index (χ4v) is 3.66. The van der Waals surface area contributed by atoms with Gasteiger partial charge < -0.3 is 20.9 Å². The number of guanidine groups is 1. The minimum absolute atomic E-state index is 0.0498. The van der Waals surface area contributed by atoms with Gasteiger partial charge in [0.25, 0.3) is 0 Å². The molecule has 3 rings (SSSR count). The number of aliphatic imine (C=N–C) groups is 1. The zero-order valence-electron chi connectivity index (χ0n) is 17.5. The number of nitrogens with zero attached hydrogens (tertiary/aromatic N) is 3. The van der Waals surface area contributed by atoms with E-state index < -0.39 is 0 Å². The highest BCUT2D eigenvalue weighted by Crippen LogP contribution is 2.25. The number of pyridine rings is 1. The number of aryl methyl sites for hydroxylation is 1. The van der Waals surface area contributed by atoms with Crippen molar-refractivity contribution in [3.8, 4) is 0 Å². The molecule has 1 aliphatic heterocycles. The molecule has 2 aromatic rings. The Balaban J connectivity index is 1.55. The second-order valence-electron chi connectivity index (χ2n) is 7.18. The predicted octanol–water partition coefficient (Wildman–Crippen LogP) is 3.07. The molecule has 2 heterocycles. The quantitative estimate of drug-likeness (QED) is 0.466. The monoisotopic (exact) mass is 428 g/mol. The summed E-state index contributed by atoms with van der Waals surface area (Å²) in [7, 11) is 0. The summed E-state index contributed by atoms with van der Waals surface area (Å²) in [5, 5.41) is 10.2. The first-order valence-electron chi connectivity index (χ1n) is 10.4. The van der Waals surface area contributed by atoms with Gasteiger partial charge in [0, 0.05) is 37.6 Å². The molecule has 1 unspecified atom stereocenters. The van der Waals surface area contributed by atoms with Crippen LogP contribution < -0.4 is 20.9 Å². The van der Waals surface area contributed by atoms with Gasteiger partial charge in [-0.15, -0.1) is 0 Å². The molecule has 1 saturated heterocycles. The number of rotatable bonds is 7. The van der Waals surface area contributed by atoms with E-state index in [0.29, 0.717) is 17.5 Å². The highest BCUT2D eigenvalue weighted by Gasteiger charge is 2.25. The summed E-state index contributed by atoms with van der Waals surface area (Å²) in [6.07, 6.45) is 3.62. The molecule has 160 valence electrons. The molecule has 0 aliphatic carbocycles. The van der Waals surface area contributed by atoms with Crippen LogP contribution in [0.5, 0.6) is 0 Å². The van der Waals surface area contributed by atoms with Crippen molar-refractivity contribution in [3.63, 3.8) is 0 Å². The highest BCUT2D eigenvalue weighted by molar-refractivity contribution is 6.32. The predicted molar refractivity (Wildman–Crippen MR) is 123 cm³/mol. The number of aromatic nitrogens is 1. The fourth-order valence-electron chi connectivity index (χ4n) is 3.41. The van der Waals surface area contributed by atoms with Gasteiger partial charge >= 0.3 is 0 Å². The molecule has 1 aromatic heterocycles. The number of nitrogens with one attached hydrogen (secondary N) is 3. The van der Waals surface area contributed by atoms with Gasteiger partial charge in [0.2, 0.25) is 5.91 Å². The smallest absolute Gasteiger partial charge is 0.246 e. The minimum atomic E-state index is -0.145. The van der Waals surface area contributed by atoms with Gasteiger partial charge in [-0.1, -0.05) is 30.7 Å². The number of hydrogen-bond acceptors (Lipinski definition) is 4. The van der Waals surface area contributed by atoms with E-state index in [1.807, 2.05) is 43.3 Å². The van der Waals surface area contributed by atoms with Crippen LogP contribution in [0.25, 0.3) is 0 Å². The van der Waals surface area contributed by atoms with Gasteiger partial charge in [-0.05, 0) is 49.6 Å². The van der Waals surface area contributed by atoms with E-state index in [2.05, 4.69) is 37.8 Å². The lowest BCUT2D eigenvalue weighted by Gasteiger charge is -2.20. The summed E-state index contributed by atoms with van der Waals surface area (Å²) in [6, 6.07) is 11.8. The third-order valence-electron chi connectivity index (χ3n) is 4.91. The van der Waals surface area contributed by atoms with E-state index in [0.717, 1.165) is 37.4 Å². The van der Waals surface area contributed by atoms with Gasteiger partial charge in [0.15, 0.2) is 5.96 Å². The largest absolute Gasteiger partial charge is 0.357 e. The van der Waals surface area contributed by atoms with E-state index in [-0.39, 0.29) is 18.5 Å². The van der Waals surface area contributed by atoms with Crippen LogP contribution in [-0.4, -0.2) is 49.1 Å². The summed E-state index contributed by atoms with van der Waals surface area (Å²) >= 11 is 6.27. The highest BCUT2D eigenvalue weighted by atomic mass is 35.5. The van der Waals surface area contributed by atoms with E-state index in [1.54, 1.807) is 6.20 Å². The number of carbonyl (C=O) groups excluding carboxylic acids is 1. The lowest BCUT2D eigenvalue weighted by molar-refractivity contribution is -0.114. The molecule has 0 bridgehead atoms. The number of amides is 1. The Hall–Kier alpha value is -2.80. The average molecular weight is 429 g/mol. The van der Waals surface area contributed by atoms with Crippen LogP contribution in [0.15, 0.2) is 47.6 Å². The molecular weight excluding hydrogens is 400 g/mol. The summed E-state index contributed by atoms with van der Waals surface area (Å²) in [5.74, 6) is 1.29. The SMILES string of the molecule is CCNC(=NCC(=O)Nc1cccc(CC)c1)NC1CCN(c2ncccc2Cl)C1. The molecule has 7 nitrogen and oxygen atoms in total. The molecular formula is C22H29ClN6O. The van der Waals surface area contributed by atoms with Crippen LogP contribution in [0.1, 0.15) is 25.8 Å². The number of carbonyl (C=O) groups is 1. The molecule has 1 fully saturated rings. The number of benzene rings is 1. The summed E-state index contributed by atoms with van der Waals surface area (Å²) < 4.78 is 0. The van der Waals surface area contributed by atoms with Crippen LogP contribution in [-0.2, 0) is 11.2 Å². The van der Waals surface area contributed by atoms with Crippen molar-refractivity contribution < 1.29 is 4.79 Å². The Labute approximate surface area is 182 Å². The fraction of sp³-hybridized carbons (Fsp3) is 0.409. The second kappa shape index (κ2) is 10.8. The molecule has 1 amide bonds. The van der Waals surface area contributed by atoms with Gasteiger partial charge in [0.1, 0.15) is 12.4 Å². The Bertz CT molecular complexity index is 887. The average Bonchev–Trinajstić information content (AvgIpc) is 3.21. The van der Waals surface area contributed by atoms with Crippen molar-refractivity contribution in [1.82, 2.24) is 15.6 Å². The lowest BCUT2D eigenvalue weighted by Crippen LogP contribution is -2.45. The topological polar surface area (TPSA) is 81.6 Å². The molecule has 0 radical (unpaired) electrons. The zero-order chi connectivity index (χ0) is 21.3. The Morgan fingerprint density at radius 3 is 2.93 bits per heavy atom. The van der Waals surface area contributed by atoms with Crippen LogP contribution in [0.2, 0.25) is 5.02 Å². The maximum atomic E-state index is 12.3. The van der Waals surface area contributed by atoms with Crippen LogP contribution in [0.3, 0.4) is 0 Å². The first-order valence-corrected chi connectivity index (χ1v) is 10.8. The molecule has 0 spiro atoms. The van der Waals surface area contributed by atoms with Gasteiger partial charge in [-0.2, -0.15) is 0 Å². The number of halogens is 1. The van der Waals surface area contributed by atoms with Gasteiger partial charge in [0.05, 0.1) is 5.02 Å². The van der Waals surface area contributed by atoms with E-state index >= 15 is 0 Å². The molecule has 1 atom stereocenters. The van der Waals surface area contributed by atoms with Crippen molar-refractivity contribution in [2.45, 2.75) is 32.7 Å². The minimum Gasteiger partial charge on any atom is -0.357 e. The Morgan fingerprint density at radius 2 is 2.17 bits per heavy atom. The molecule has 1 aliphatic rings. The molecule has 3 N–H and O–H groups in total. The lowest BCUT2D eigenvalue weighted by atomic mass is 10.1. The van der Waals surface area contributed by atoms with E-state index in [9.17, 15) is 4.79 Å². The zero-order valence-corrected chi connectivity index (χ0v) is 18.2. The van der Waals surface area contributed by atoms with Crippen LogP contribution >= 0.6 is 11.6 Å². The van der Waals surface area contributed by atoms with Crippen molar-refractivity contribution in [2.75, 3.05) is 36.4 Å². The summed E-state index contributed by atoms with van der Waals surface area (Å²) in [4.78, 5) is 23.3. The third-order valence-corrected chi connectivity index (χ3v) is 5.21. The summed E-state index contributed by atoms with van der Waals surface area (Å²) in [6.45, 7) is 6.50. The maximum Gasteiger partial charge on any atom is 0.246 e. The van der Waals surface area contributed by atoms with E-state index in [1.165, 1.54) is 5.56 Å². The van der Waals surface area contributed by atoms with Crippen LogP contribution in [0.4, 0.5) is 11.5 Å².